The summed E-state index contributed by atoms with van der Waals surface area (Å²) in [5.41, 5.74) is 4.76. The largest absolute Gasteiger partial charge is 0.310 e. The van der Waals surface area contributed by atoms with E-state index in [9.17, 15) is 0 Å². The standard InChI is InChI=1S/C19H16BrN/c20-15-16-8-7-13-19(14-16)21(17-9-3-1-4-10-17)18-11-5-2-6-12-18/h1-14H,15H2. The molecule has 0 bridgehead atoms. The summed E-state index contributed by atoms with van der Waals surface area (Å²) in [6.45, 7) is 0. The second-order valence-corrected chi connectivity index (χ2v) is 5.37. The number of hydrogen-bond donors (Lipinski definition) is 0. The van der Waals surface area contributed by atoms with Crippen molar-refractivity contribution in [3.05, 3.63) is 90.5 Å². The summed E-state index contributed by atoms with van der Waals surface area (Å²) in [5, 5.41) is 0.859. The summed E-state index contributed by atoms with van der Waals surface area (Å²) in [5.74, 6) is 0. The van der Waals surface area contributed by atoms with Gasteiger partial charge in [0, 0.05) is 22.4 Å². The molecular formula is C19H16BrN. The van der Waals surface area contributed by atoms with Gasteiger partial charge in [-0.1, -0.05) is 64.5 Å². The van der Waals surface area contributed by atoms with Gasteiger partial charge in [0.2, 0.25) is 0 Å². The molecule has 0 saturated carbocycles. The molecule has 0 amide bonds. The Bertz CT molecular complexity index is 656. The summed E-state index contributed by atoms with van der Waals surface area (Å²) in [4.78, 5) is 2.27. The predicted molar refractivity (Wildman–Crippen MR) is 93.8 cm³/mol. The molecule has 0 spiro atoms. The lowest BCUT2D eigenvalue weighted by molar-refractivity contribution is 1.27. The maximum Gasteiger partial charge on any atom is 0.0464 e. The Kier molecular flexibility index (Phi) is 4.37. The summed E-state index contributed by atoms with van der Waals surface area (Å²) < 4.78 is 0. The van der Waals surface area contributed by atoms with Crippen LogP contribution >= 0.6 is 15.9 Å². The molecule has 2 heteroatoms. The van der Waals surface area contributed by atoms with Crippen LogP contribution in [0.15, 0.2) is 84.9 Å². The fraction of sp³-hybridized carbons (Fsp3) is 0.0526. The second kappa shape index (κ2) is 6.59. The van der Waals surface area contributed by atoms with Crippen molar-refractivity contribution in [2.24, 2.45) is 0 Å². The first kappa shape index (κ1) is 13.9. The minimum absolute atomic E-state index is 0.859. The molecule has 3 rings (SSSR count). The normalized spacial score (nSPS) is 10.3. The van der Waals surface area contributed by atoms with E-state index in [1.807, 2.05) is 12.1 Å². The van der Waals surface area contributed by atoms with Crippen molar-refractivity contribution in [3.8, 4) is 0 Å². The van der Waals surface area contributed by atoms with Crippen LogP contribution in [0.25, 0.3) is 0 Å². The van der Waals surface area contributed by atoms with Crippen LogP contribution in [0.3, 0.4) is 0 Å². The molecule has 104 valence electrons. The zero-order chi connectivity index (χ0) is 14.5. The summed E-state index contributed by atoms with van der Waals surface area (Å²) in [6.07, 6.45) is 0. The van der Waals surface area contributed by atoms with Crippen LogP contribution in [0.4, 0.5) is 17.1 Å². The fourth-order valence-electron chi connectivity index (χ4n) is 2.38. The highest BCUT2D eigenvalue weighted by Crippen LogP contribution is 2.34. The van der Waals surface area contributed by atoms with E-state index in [1.54, 1.807) is 0 Å². The summed E-state index contributed by atoms with van der Waals surface area (Å²) >= 11 is 3.53. The lowest BCUT2D eigenvalue weighted by Crippen LogP contribution is -2.09. The molecule has 0 aliphatic rings. The van der Waals surface area contributed by atoms with Gasteiger partial charge >= 0.3 is 0 Å². The predicted octanol–water partition coefficient (Wildman–Crippen LogP) is 6.05. The van der Waals surface area contributed by atoms with Crippen LogP contribution in [0, 0.1) is 0 Å². The average Bonchev–Trinajstić information content (AvgIpc) is 2.57. The topological polar surface area (TPSA) is 3.24 Å². The molecule has 1 nitrogen and oxygen atoms in total. The average molecular weight is 338 g/mol. The van der Waals surface area contributed by atoms with Gasteiger partial charge in [0.1, 0.15) is 0 Å². The molecule has 0 fully saturated rings. The minimum atomic E-state index is 0.859. The van der Waals surface area contributed by atoms with Crippen LogP contribution in [-0.2, 0) is 5.33 Å². The maximum atomic E-state index is 3.53. The number of rotatable bonds is 4. The van der Waals surface area contributed by atoms with Gasteiger partial charge in [-0.3, -0.25) is 0 Å². The van der Waals surface area contributed by atoms with E-state index in [1.165, 1.54) is 11.3 Å². The van der Waals surface area contributed by atoms with Crippen LogP contribution in [0.2, 0.25) is 0 Å². The van der Waals surface area contributed by atoms with Gasteiger partial charge in [0.05, 0.1) is 0 Å². The van der Waals surface area contributed by atoms with Crippen molar-refractivity contribution in [2.45, 2.75) is 5.33 Å². The monoisotopic (exact) mass is 337 g/mol. The zero-order valence-corrected chi connectivity index (χ0v) is 13.2. The second-order valence-electron chi connectivity index (χ2n) is 4.81. The van der Waals surface area contributed by atoms with Gasteiger partial charge < -0.3 is 4.90 Å². The summed E-state index contributed by atoms with van der Waals surface area (Å²) in [7, 11) is 0. The molecule has 0 aliphatic carbocycles. The molecule has 0 saturated heterocycles. The fourth-order valence-corrected chi connectivity index (χ4v) is 2.73. The molecule has 0 aliphatic heterocycles. The van der Waals surface area contributed by atoms with E-state index in [2.05, 4.69) is 93.6 Å². The van der Waals surface area contributed by atoms with E-state index >= 15 is 0 Å². The Balaban J connectivity index is 2.12. The molecule has 0 unspecified atom stereocenters. The number of hydrogen-bond acceptors (Lipinski definition) is 1. The van der Waals surface area contributed by atoms with Gasteiger partial charge in [-0.05, 0) is 42.0 Å². The smallest absolute Gasteiger partial charge is 0.0464 e. The molecule has 0 N–H and O–H groups in total. The van der Waals surface area contributed by atoms with E-state index in [0.717, 1.165) is 16.7 Å². The van der Waals surface area contributed by atoms with Gasteiger partial charge in [-0.2, -0.15) is 0 Å². The Morgan fingerprint density at radius 3 is 1.67 bits per heavy atom. The van der Waals surface area contributed by atoms with E-state index in [-0.39, 0.29) is 0 Å². The molecule has 3 aromatic rings. The number of benzene rings is 3. The molecule has 0 atom stereocenters. The van der Waals surface area contributed by atoms with Crippen LogP contribution in [0.5, 0.6) is 0 Å². The van der Waals surface area contributed by atoms with E-state index in [4.69, 9.17) is 0 Å². The number of alkyl halides is 1. The Morgan fingerprint density at radius 1 is 0.619 bits per heavy atom. The third-order valence-electron chi connectivity index (χ3n) is 3.35. The number of halogens is 1. The number of nitrogens with zero attached hydrogens (tertiary/aromatic N) is 1. The lowest BCUT2D eigenvalue weighted by Gasteiger charge is -2.25. The highest BCUT2D eigenvalue weighted by atomic mass is 79.9. The first-order valence-electron chi connectivity index (χ1n) is 6.93. The molecule has 0 radical (unpaired) electrons. The van der Waals surface area contributed by atoms with Crippen LogP contribution < -0.4 is 4.90 Å². The maximum absolute atomic E-state index is 3.53. The lowest BCUT2D eigenvalue weighted by atomic mass is 10.1. The quantitative estimate of drug-likeness (QED) is 0.523. The molecule has 21 heavy (non-hydrogen) atoms. The Morgan fingerprint density at radius 2 is 1.14 bits per heavy atom. The third-order valence-corrected chi connectivity index (χ3v) is 4.00. The third kappa shape index (κ3) is 3.17. The highest BCUT2D eigenvalue weighted by molar-refractivity contribution is 9.08. The van der Waals surface area contributed by atoms with Gasteiger partial charge in [0.15, 0.2) is 0 Å². The van der Waals surface area contributed by atoms with E-state index < -0.39 is 0 Å². The van der Waals surface area contributed by atoms with Crippen molar-refractivity contribution in [3.63, 3.8) is 0 Å². The van der Waals surface area contributed by atoms with Gasteiger partial charge in [0.25, 0.3) is 0 Å². The number of para-hydroxylation sites is 2. The summed E-state index contributed by atoms with van der Waals surface area (Å²) in [6, 6.07) is 29.5. The molecular weight excluding hydrogens is 322 g/mol. The zero-order valence-electron chi connectivity index (χ0n) is 11.6. The van der Waals surface area contributed by atoms with Crippen molar-refractivity contribution >= 4 is 33.0 Å². The molecule has 0 aromatic heterocycles. The SMILES string of the molecule is BrCc1cccc(N(c2ccccc2)c2ccccc2)c1. The van der Waals surface area contributed by atoms with Crippen LogP contribution in [0.1, 0.15) is 5.56 Å². The molecule has 3 aromatic carbocycles. The highest BCUT2D eigenvalue weighted by Gasteiger charge is 2.11. The first-order chi connectivity index (χ1) is 10.4. The van der Waals surface area contributed by atoms with Crippen molar-refractivity contribution in [2.75, 3.05) is 4.90 Å². The van der Waals surface area contributed by atoms with Crippen molar-refractivity contribution < 1.29 is 0 Å². The van der Waals surface area contributed by atoms with Crippen molar-refractivity contribution in [1.82, 2.24) is 0 Å². The van der Waals surface area contributed by atoms with Gasteiger partial charge in [-0.25, -0.2) is 0 Å². The molecule has 0 heterocycles. The minimum Gasteiger partial charge on any atom is -0.310 e. The Hall–Kier alpha value is -2.06. The van der Waals surface area contributed by atoms with E-state index in [0.29, 0.717) is 0 Å². The number of anilines is 3. The van der Waals surface area contributed by atoms with Crippen LogP contribution in [-0.4, -0.2) is 0 Å². The van der Waals surface area contributed by atoms with Gasteiger partial charge in [-0.15, -0.1) is 0 Å². The Labute approximate surface area is 134 Å². The van der Waals surface area contributed by atoms with Crippen molar-refractivity contribution in [1.29, 1.82) is 0 Å². The first-order valence-corrected chi connectivity index (χ1v) is 8.06.